The summed E-state index contributed by atoms with van der Waals surface area (Å²) in [6.45, 7) is 4.66. The lowest BCUT2D eigenvalue weighted by molar-refractivity contribution is 0.0949. The maximum atomic E-state index is 12.3. The zero-order valence-corrected chi connectivity index (χ0v) is 14.7. The highest BCUT2D eigenvalue weighted by Gasteiger charge is 2.11. The van der Waals surface area contributed by atoms with E-state index in [4.69, 9.17) is 0 Å². The third-order valence-corrected chi connectivity index (χ3v) is 3.63. The second-order valence-corrected chi connectivity index (χ2v) is 6.56. The van der Waals surface area contributed by atoms with Gasteiger partial charge in [-0.1, -0.05) is 41.9 Å². The molecule has 0 fully saturated rings. The number of amides is 2. The summed E-state index contributed by atoms with van der Waals surface area (Å²) >= 11 is 3.36. The molecule has 120 valence electrons. The molecule has 0 saturated carbocycles. The van der Waals surface area contributed by atoms with E-state index >= 15 is 0 Å². The first-order valence-electron chi connectivity index (χ1n) is 7.41. The first-order chi connectivity index (χ1) is 11.0. The zero-order chi connectivity index (χ0) is 16.8. The van der Waals surface area contributed by atoms with E-state index in [1.807, 2.05) is 38.1 Å². The monoisotopic (exact) mass is 374 g/mol. The second kappa shape index (κ2) is 7.92. The fourth-order valence-electron chi connectivity index (χ4n) is 1.97. The Bertz CT molecular complexity index is 714. The molecule has 2 amide bonds. The molecule has 0 spiro atoms. The Morgan fingerprint density at radius 2 is 1.65 bits per heavy atom. The van der Waals surface area contributed by atoms with Crippen molar-refractivity contribution in [3.05, 3.63) is 64.1 Å². The molecule has 23 heavy (non-hydrogen) atoms. The van der Waals surface area contributed by atoms with Crippen LogP contribution in [-0.4, -0.2) is 18.4 Å². The van der Waals surface area contributed by atoms with Gasteiger partial charge in [-0.2, -0.15) is 0 Å². The minimum absolute atomic E-state index is 0.171. The fraction of sp³-hybridized carbons (Fsp3) is 0.222. The van der Waals surface area contributed by atoms with Gasteiger partial charge in [0.05, 0.1) is 0 Å². The number of nitrogens with one attached hydrogen (secondary N) is 2. The highest BCUT2D eigenvalue weighted by atomic mass is 79.9. The lowest BCUT2D eigenvalue weighted by Crippen LogP contribution is -2.27. The van der Waals surface area contributed by atoms with Gasteiger partial charge in [-0.3, -0.25) is 9.59 Å². The average molecular weight is 375 g/mol. The number of anilines is 1. The Morgan fingerprint density at radius 1 is 1.00 bits per heavy atom. The highest BCUT2D eigenvalue weighted by Crippen LogP contribution is 2.17. The predicted octanol–water partition coefficient (Wildman–Crippen LogP) is 4.09. The maximum Gasteiger partial charge on any atom is 0.255 e. The third-order valence-electron chi connectivity index (χ3n) is 3.14. The summed E-state index contributed by atoms with van der Waals surface area (Å²) in [7, 11) is 0. The Labute approximate surface area is 144 Å². The summed E-state index contributed by atoms with van der Waals surface area (Å²) in [5.74, 6) is -0.0422. The van der Waals surface area contributed by atoms with Crippen LogP contribution in [0.2, 0.25) is 0 Å². The van der Waals surface area contributed by atoms with Gasteiger partial charge in [0, 0.05) is 27.8 Å². The van der Waals surface area contributed by atoms with Gasteiger partial charge in [0.25, 0.3) is 11.8 Å². The van der Waals surface area contributed by atoms with E-state index in [-0.39, 0.29) is 11.8 Å². The predicted molar refractivity (Wildman–Crippen MR) is 95.7 cm³/mol. The van der Waals surface area contributed by atoms with E-state index < -0.39 is 0 Å². The van der Waals surface area contributed by atoms with Crippen molar-refractivity contribution in [3.8, 4) is 0 Å². The first kappa shape index (κ1) is 17.2. The lowest BCUT2D eigenvalue weighted by atomic mass is 10.1. The normalized spacial score (nSPS) is 10.4. The molecular weight excluding hydrogens is 356 g/mol. The SMILES string of the molecule is CC(C)CNC(=O)c1cccc(C(=O)Nc2cccc(Br)c2)c1. The molecule has 2 aromatic carbocycles. The van der Waals surface area contributed by atoms with Crippen LogP contribution in [0.25, 0.3) is 0 Å². The fourth-order valence-corrected chi connectivity index (χ4v) is 2.37. The van der Waals surface area contributed by atoms with E-state index in [0.717, 1.165) is 4.47 Å². The Hall–Kier alpha value is -2.14. The van der Waals surface area contributed by atoms with E-state index in [1.165, 1.54) is 0 Å². The van der Waals surface area contributed by atoms with Gasteiger partial charge >= 0.3 is 0 Å². The van der Waals surface area contributed by atoms with Crippen LogP contribution in [0, 0.1) is 5.92 Å². The Balaban J connectivity index is 2.09. The van der Waals surface area contributed by atoms with Crippen LogP contribution in [-0.2, 0) is 0 Å². The second-order valence-electron chi connectivity index (χ2n) is 5.65. The van der Waals surface area contributed by atoms with E-state index in [1.54, 1.807) is 24.3 Å². The third kappa shape index (κ3) is 5.21. The van der Waals surface area contributed by atoms with Gasteiger partial charge in [0.15, 0.2) is 0 Å². The van der Waals surface area contributed by atoms with Gasteiger partial charge in [-0.15, -0.1) is 0 Å². The molecule has 2 rings (SSSR count). The number of hydrogen-bond acceptors (Lipinski definition) is 2. The van der Waals surface area contributed by atoms with Crippen LogP contribution in [0.4, 0.5) is 5.69 Å². The van der Waals surface area contributed by atoms with Gasteiger partial charge in [0.1, 0.15) is 0 Å². The van der Waals surface area contributed by atoms with Gasteiger partial charge < -0.3 is 10.6 Å². The van der Waals surface area contributed by atoms with Crippen molar-refractivity contribution in [1.29, 1.82) is 0 Å². The summed E-state index contributed by atoms with van der Waals surface area (Å²) in [5.41, 5.74) is 1.62. The minimum Gasteiger partial charge on any atom is -0.352 e. The topological polar surface area (TPSA) is 58.2 Å². The van der Waals surface area contributed by atoms with Crippen LogP contribution < -0.4 is 10.6 Å². The lowest BCUT2D eigenvalue weighted by Gasteiger charge is -2.09. The Morgan fingerprint density at radius 3 is 2.30 bits per heavy atom. The molecule has 2 N–H and O–H groups in total. The molecule has 5 heteroatoms. The van der Waals surface area contributed by atoms with E-state index in [2.05, 4.69) is 26.6 Å². The van der Waals surface area contributed by atoms with E-state index in [0.29, 0.717) is 29.3 Å². The molecule has 0 saturated heterocycles. The van der Waals surface area contributed by atoms with Gasteiger partial charge in [0.2, 0.25) is 0 Å². The van der Waals surface area contributed by atoms with Crippen LogP contribution in [0.15, 0.2) is 53.0 Å². The number of carbonyl (C=O) groups excluding carboxylic acids is 2. The number of carbonyl (C=O) groups is 2. The summed E-state index contributed by atoms with van der Waals surface area (Å²) in [6.07, 6.45) is 0. The molecular formula is C18H19BrN2O2. The molecule has 0 aliphatic rings. The van der Waals surface area contributed by atoms with Crippen LogP contribution in [0.3, 0.4) is 0 Å². The highest BCUT2D eigenvalue weighted by molar-refractivity contribution is 9.10. The standard InChI is InChI=1S/C18H19BrN2O2/c1-12(2)11-20-17(22)13-5-3-6-14(9-13)18(23)21-16-8-4-7-15(19)10-16/h3-10,12H,11H2,1-2H3,(H,20,22)(H,21,23). The maximum absolute atomic E-state index is 12.3. The van der Waals surface area contributed by atoms with Gasteiger partial charge in [-0.25, -0.2) is 0 Å². The van der Waals surface area contributed by atoms with Crippen molar-refractivity contribution < 1.29 is 9.59 Å². The molecule has 2 aromatic rings. The molecule has 0 atom stereocenters. The summed E-state index contributed by atoms with van der Waals surface area (Å²) in [6, 6.07) is 14.0. The first-order valence-corrected chi connectivity index (χ1v) is 8.20. The number of rotatable bonds is 5. The van der Waals surface area contributed by atoms with Gasteiger partial charge in [-0.05, 0) is 42.3 Å². The van der Waals surface area contributed by atoms with Crippen molar-refractivity contribution in [2.75, 3.05) is 11.9 Å². The van der Waals surface area contributed by atoms with Crippen molar-refractivity contribution in [2.24, 2.45) is 5.92 Å². The number of benzene rings is 2. The number of halogens is 1. The molecule has 0 aliphatic carbocycles. The van der Waals surface area contributed by atoms with E-state index in [9.17, 15) is 9.59 Å². The zero-order valence-electron chi connectivity index (χ0n) is 13.1. The molecule has 0 bridgehead atoms. The summed E-state index contributed by atoms with van der Waals surface area (Å²) in [5, 5.41) is 5.66. The van der Waals surface area contributed by atoms with Crippen LogP contribution in [0.5, 0.6) is 0 Å². The average Bonchev–Trinajstić information content (AvgIpc) is 2.52. The van der Waals surface area contributed by atoms with Crippen LogP contribution >= 0.6 is 15.9 Å². The minimum atomic E-state index is -0.249. The molecule has 0 aromatic heterocycles. The molecule has 4 nitrogen and oxygen atoms in total. The summed E-state index contributed by atoms with van der Waals surface area (Å²) in [4.78, 5) is 24.4. The van der Waals surface area contributed by atoms with Crippen molar-refractivity contribution in [3.63, 3.8) is 0 Å². The molecule has 0 heterocycles. The Kier molecular flexibility index (Phi) is 5.93. The van der Waals surface area contributed by atoms with Crippen molar-refractivity contribution in [2.45, 2.75) is 13.8 Å². The summed E-state index contributed by atoms with van der Waals surface area (Å²) < 4.78 is 0.886. The van der Waals surface area contributed by atoms with Crippen LogP contribution in [0.1, 0.15) is 34.6 Å². The molecule has 0 aliphatic heterocycles. The number of hydrogen-bond donors (Lipinski definition) is 2. The molecule has 0 radical (unpaired) electrons. The largest absolute Gasteiger partial charge is 0.352 e. The smallest absolute Gasteiger partial charge is 0.255 e. The quantitative estimate of drug-likeness (QED) is 0.827. The molecule has 0 unspecified atom stereocenters. The van der Waals surface area contributed by atoms with Crippen molar-refractivity contribution >= 4 is 33.4 Å². The van der Waals surface area contributed by atoms with Crippen molar-refractivity contribution in [1.82, 2.24) is 5.32 Å².